The van der Waals surface area contributed by atoms with Gasteiger partial charge in [0.05, 0.1) is 18.7 Å². The lowest BCUT2D eigenvalue weighted by Crippen LogP contribution is -2.66. The molecule has 0 amide bonds. The van der Waals surface area contributed by atoms with Gasteiger partial charge in [0.15, 0.2) is 0 Å². The van der Waals surface area contributed by atoms with Crippen LogP contribution in [0.15, 0.2) is 182 Å². The van der Waals surface area contributed by atoms with E-state index in [1.807, 2.05) is 91.0 Å². The highest BCUT2D eigenvalue weighted by atomic mass is 31.2. The first-order chi connectivity index (χ1) is 26.6. The molecule has 0 aliphatic rings. The molecule has 0 bridgehead atoms. The van der Waals surface area contributed by atoms with Gasteiger partial charge in [0.2, 0.25) is 7.29 Å². The summed E-state index contributed by atoms with van der Waals surface area (Å²) >= 11 is 0. The van der Waals surface area contributed by atoms with Crippen LogP contribution in [-0.4, -0.2) is 28.0 Å². The Morgan fingerprint density at radius 1 is 0.655 bits per heavy atom. The van der Waals surface area contributed by atoms with Crippen molar-refractivity contribution in [2.24, 2.45) is 5.92 Å². The van der Waals surface area contributed by atoms with Crippen LogP contribution in [0.2, 0.25) is 5.04 Å². The Bertz CT molecular complexity index is 2120. The molecule has 5 nitrogen and oxygen atoms in total. The van der Waals surface area contributed by atoms with Crippen LogP contribution in [0, 0.1) is 5.92 Å². The van der Waals surface area contributed by atoms with E-state index >= 15 is 4.57 Å². The average Bonchev–Trinajstić information content (AvgIpc) is 3.23. The fraction of sp³-hybridized carbons (Fsp3) is 0.188. The van der Waals surface area contributed by atoms with Gasteiger partial charge < -0.3 is 9.16 Å². The fourth-order valence-corrected chi connectivity index (χ4v) is 14.5. The molecule has 0 aliphatic carbocycles. The smallest absolute Gasteiger partial charge is 0.337 e. The summed E-state index contributed by atoms with van der Waals surface area (Å²) in [6, 6.07) is 57.7. The third kappa shape index (κ3) is 8.74. The van der Waals surface area contributed by atoms with Crippen molar-refractivity contribution in [3.8, 4) is 0 Å². The highest BCUT2D eigenvalue weighted by Crippen LogP contribution is 2.46. The van der Waals surface area contributed by atoms with Crippen LogP contribution in [0.5, 0.6) is 0 Å². The molecule has 0 aliphatic heterocycles. The summed E-state index contributed by atoms with van der Waals surface area (Å²) < 4.78 is 28.1. The van der Waals surface area contributed by atoms with Crippen LogP contribution in [0.3, 0.4) is 0 Å². The first-order valence-corrected chi connectivity index (χ1v) is 22.4. The molecule has 7 heteroatoms. The first-order valence-electron chi connectivity index (χ1n) is 18.8. The summed E-state index contributed by atoms with van der Waals surface area (Å²) in [6.45, 7) is 9.52. The molecule has 0 fully saturated rings. The first kappa shape index (κ1) is 39.6. The molecule has 280 valence electrons. The molecule has 0 radical (unpaired) electrons. The second-order valence-electron chi connectivity index (χ2n) is 14.9. The largest absolute Gasteiger partial charge is 0.465 e. The third-order valence-electron chi connectivity index (χ3n) is 10.1. The van der Waals surface area contributed by atoms with Gasteiger partial charge >= 0.3 is 5.97 Å². The van der Waals surface area contributed by atoms with Gasteiger partial charge in [0.25, 0.3) is 8.32 Å². The number of hydrogen-bond donors (Lipinski definition) is 1. The Balaban J connectivity index is 1.50. The van der Waals surface area contributed by atoms with Crippen molar-refractivity contribution in [2.45, 2.75) is 38.8 Å². The molecule has 6 rings (SSSR count). The summed E-state index contributed by atoms with van der Waals surface area (Å²) in [7, 11) is -4.89. The molecule has 0 saturated carbocycles. The summed E-state index contributed by atoms with van der Waals surface area (Å²) in [4.78, 5) is 12.5. The quantitative estimate of drug-likeness (QED) is 0.0681. The van der Waals surface area contributed by atoms with Crippen LogP contribution >= 0.6 is 7.29 Å². The van der Waals surface area contributed by atoms with Crippen molar-refractivity contribution >= 4 is 48.1 Å². The molecule has 6 aromatic carbocycles. The van der Waals surface area contributed by atoms with Gasteiger partial charge in [-0.1, -0.05) is 173 Å². The van der Waals surface area contributed by atoms with Crippen LogP contribution in [0.1, 0.15) is 55.2 Å². The minimum absolute atomic E-state index is 0.0525. The predicted octanol–water partition coefficient (Wildman–Crippen LogP) is 9.33. The Kier molecular flexibility index (Phi) is 12.6. The van der Waals surface area contributed by atoms with E-state index in [2.05, 4.69) is 112 Å². The number of carbonyl (C=O) groups is 1. The minimum atomic E-state index is -3.45. The van der Waals surface area contributed by atoms with E-state index in [1.54, 1.807) is 12.1 Å². The van der Waals surface area contributed by atoms with E-state index in [1.165, 1.54) is 17.5 Å². The van der Waals surface area contributed by atoms with Crippen LogP contribution < -0.4 is 26.1 Å². The van der Waals surface area contributed by atoms with Gasteiger partial charge in [-0.05, 0) is 74.4 Å². The maximum atomic E-state index is 15.7. The predicted molar refractivity (Wildman–Crippen MR) is 231 cm³/mol. The molecule has 55 heavy (non-hydrogen) atoms. The van der Waals surface area contributed by atoms with E-state index < -0.39 is 27.6 Å². The molecule has 2 atom stereocenters. The number of carbonyl (C=O) groups excluding carboxylic acids is 1. The summed E-state index contributed by atoms with van der Waals surface area (Å²) in [5.41, 5.74) is 3.24. The van der Waals surface area contributed by atoms with Crippen LogP contribution in [-0.2, 0) is 13.7 Å². The minimum Gasteiger partial charge on any atom is -0.465 e. The number of esters is 1. The Labute approximate surface area is 327 Å². The topological polar surface area (TPSA) is 64.6 Å². The molecular formula is C48H50NO4PSi. The maximum absolute atomic E-state index is 15.7. The number of benzene rings is 6. The third-order valence-corrected chi connectivity index (χ3v) is 17.8. The van der Waals surface area contributed by atoms with Crippen molar-refractivity contribution in [3.05, 3.63) is 199 Å². The average molecular weight is 764 g/mol. The molecule has 0 spiro atoms. The molecule has 6 aromatic rings. The van der Waals surface area contributed by atoms with Gasteiger partial charge in [0, 0.05) is 17.2 Å². The van der Waals surface area contributed by atoms with Crippen molar-refractivity contribution < 1.29 is 18.5 Å². The molecule has 1 N–H and O–H groups in total. The highest BCUT2D eigenvalue weighted by molar-refractivity contribution is 7.77. The lowest BCUT2D eigenvalue weighted by Gasteiger charge is -2.43. The van der Waals surface area contributed by atoms with E-state index in [0.29, 0.717) is 22.8 Å². The second kappa shape index (κ2) is 17.6. The summed E-state index contributed by atoms with van der Waals surface area (Å²) in [5, 5.41) is 7.41. The number of nitrogens with one attached hydrogen (secondary N) is 1. The van der Waals surface area contributed by atoms with Crippen molar-refractivity contribution in [1.82, 2.24) is 5.09 Å². The second-order valence-corrected chi connectivity index (χ2v) is 21.7. The lowest BCUT2D eigenvalue weighted by molar-refractivity contribution is 0.0600. The Hall–Kier alpha value is -5.10. The Morgan fingerprint density at radius 3 is 1.53 bits per heavy atom. The standard InChI is InChI=1S/C48H50NO4PSi/c1-37(36-53-55(48(2,3)4,43-27-17-9-18-28-43)44-29-19-10-20-30-44)35-45(38-21-11-6-12-22-38)46(39-31-33-40(34-32-39)47(50)52-5)49-54(51,41-23-13-7-14-24-41)42-25-15-8-16-26-42/h6-35,37,46H,36H2,1-5H3,(H,49,51)/b45-35+/t37-,46?/m1/s1. The van der Waals surface area contributed by atoms with Gasteiger partial charge in [-0.25, -0.2) is 9.88 Å². The molecule has 0 aromatic heterocycles. The van der Waals surface area contributed by atoms with E-state index in [0.717, 1.165) is 16.7 Å². The van der Waals surface area contributed by atoms with Gasteiger partial charge in [-0.2, -0.15) is 0 Å². The van der Waals surface area contributed by atoms with Crippen LogP contribution in [0.25, 0.3) is 5.57 Å². The summed E-state index contributed by atoms with van der Waals surface area (Å²) in [6.07, 6.45) is 2.26. The number of rotatable bonds is 14. The fourth-order valence-electron chi connectivity index (χ4n) is 7.37. The number of hydrogen-bond acceptors (Lipinski definition) is 4. The molecule has 0 heterocycles. The van der Waals surface area contributed by atoms with Gasteiger partial charge in [-0.15, -0.1) is 0 Å². The molecule has 0 saturated heterocycles. The SMILES string of the molecule is COC(=O)c1ccc(C(NP(=O)(c2ccccc2)c2ccccc2)/C(=C/[C@@H](C)CO[Si](c2ccccc2)(c2ccccc2)C(C)(C)C)c2ccccc2)cc1. The van der Waals surface area contributed by atoms with Gasteiger partial charge in [-0.3, -0.25) is 4.57 Å². The van der Waals surface area contributed by atoms with Crippen molar-refractivity contribution in [2.75, 3.05) is 13.7 Å². The number of ether oxygens (including phenoxy) is 1. The lowest BCUT2D eigenvalue weighted by atomic mass is 9.90. The van der Waals surface area contributed by atoms with E-state index in [9.17, 15) is 4.79 Å². The number of methoxy groups -OCH3 is 1. The van der Waals surface area contributed by atoms with Crippen LogP contribution in [0.4, 0.5) is 0 Å². The zero-order chi connectivity index (χ0) is 38.9. The van der Waals surface area contributed by atoms with Gasteiger partial charge in [0.1, 0.15) is 0 Å². The van der Waals surface area contributed by atoms with Crippen molar-refractivity contribution in [3.63, 3.8) is 0 Å². The van der Waals surface area contributed by atoms with E-state index in [4.69, 9.17) is 9.16 Å². The zero-order valence-electron chi connectivity index (χ0n) is 32.3. The summed E-state index contributed by atoms with van der Waals surface area (Å²) in [5.74, 6) is -0.466. The highest BCUT2D eigenvalue weighted by Gasteiger charge is 2.50. The van der Waals surface area contributed by atoms with Crippen molar-refractivity contribution in [1.29, 1.82) is 0 Å². The van der Waals surface area contributed by atoms with E-state index in [-0.39, 0.29) is 11.0 Å². The maximum Gasteiger partial charge on any atom is 0.337 e. The monoisotopic (exact) mass is 763 g/mol. The normalized spacial score (nSPS) is 13.5. The Morgan fingerprint density at radius 2 is 1.09 bits per heavy atom. The molecular weight excluding hydrogens is 714 g/mol. The molecule has 1 unspecified atom stereocenters. The zero-order valence-corrected chi connectivity index (χ0v) is 34.2.